The van der Waals surface area contributed by atoms with Crippen LogP contribution in [0.3, 0.4) is 0 Å². The summed E-state index contributed by atoms with van der Waals surface area (Å²) < 4.78 is 5.28. The average molecular weight is 334 g/mol. The number of esters is 1. The first-order valence-corrected chi connectivity index (χ1v) is 8.16. The highest BCUT2D eigenvalue weighted by molar-refractivity contribution is 5.76. The third-order valence-electron chi connectivity index (χ3n) is 2.62. The van der Waals surface area contributed by atoms with Gasteiger partial charge in [-0.1, -0.05) is 13.3 Å². The Hall–Kier alpha value is -0.690. The average Bonchev–Trinajstić information content (AvgIpc) is 2.35. The molecule has 0 saturated heterocycles. The molecule has 0 radical (unpaired) electrons. The largest absolute Gasteiger partial charge is 0.465 e. The molecule has 23 heavy (non-hydrogen) atoms. The Labute approximate surface area is 140 Å². The second-order valence-corrected chi connectivity index (χ2v) is 8.13. The van der Waals surface area contributed by atoms with Crippen LogP contribution in [-0.2, 0) is 29.1 Å². The van der Waals surface area contributed by atoms with E-state index >= 15 is 0 Å². The summed E-state index contributed by atoms with van der Waals surface area (Å²) in [5, 5.41) is 0. The summed E-state index contributed by atoms with van der Waals surface area (Å²) in [5.74, 6) is -0.425. The standard InChI is InChI=1S/C17H34O6/c1-10-11-12-19-13(18)17(8,9)14(20-22-15(2,3)4)21-23-16(5,6)7/h14H,10-12H2,1-9H3. The number of ether oxygens (including phenoxy) is 1. The maximum atomic E-state index is 12.3. The van der Waals surface area contributed by atoms with E-state index in [1.807, 2.05) is 48.5 Å². The highest BCUT2D eigenvalue weighted by Crippen LogP contribution is 2.29. The second-order valence-electron chi connectivity index (χ2n) is 8.13. The lowest BCUT2D eigenvalue weighted by atomic mass is 9.93. The molecular weight excluding hydrogens is 300 g/mol. The molecule has 6 nitrogen and oxygen atoms in total. The summed E-state index contributed by atoms with van der Waals surface area (Å²) in [7, 11) is 0. The summed E-state index contributed by atoms with van der Waals surface area (Å²) in [6.07, 6.45) is 0.699. The van der Waals surface area contributed by atoms with Gasteiger partial charge in [-0.25, -0.2) is 9.78 Å². The molecular formula is C17H34O6. The van der Waals surface area contributed by atoms with Crippen LogP contribution < -0.4 is 0 Å². The smallest absolute Gasteiger partial charge is 0.316 e. The first-order chi connectivity index (χ1) is 10.3. The lowest BCUT2D eigenvalue weighted by Gasteiger charge is -2.33. The zero-order valence-corrected chi connectivity index (χ0v) is 16.1. The van der Waals surface area contributed by atoms with E-state index < -0.39 is 28.9 Å². The number of carbonyl (C=O) groups excluding carboxylic acids is 1. The van der Waals surface area contributed by atoms with E-state index in [9.17, 15) is 4.79 Å². The van der Waals surface area contributed by atoms with Crippen molar-refractivity contribution in [2.45, 2.75) is 92.6 Å². The lowest BCUT2D eigenvalue weighted by molar-refractivity contribution is -0.511. The van der Waals surface area contributed by atoms with Gasteiger partial charge in [0.2, 0.25) is 6.29 Å². The number of hydrogen-bond donors (Lipinski definition) is 0. The topological polar surface area (TPSA) is 63.2 Å². The minimum atomic E-state index is -1.09. The Morgan fingerprint density at radius 1 is 0.870 bits per heavy atom. The van der Waals surface area contributed by atoms with E-state index in [1.165, 1.54) is 0 Å². The fourth-order valence-corrected chi connectivity index (χ4v) is 1.22. The van der Waals surface area contributed by atoms with E-state index in [1.54, 1.807) is 13.8 Å². The first-order valence-electron chi connectivity index (χ1n) is 8.16. The lowest BCUT2D eigenvalue weighted by Crippen LogP contribution is -2.44. The van der Waals surface area contributed by atoms with Crippen LogP contribution in [-0.4, -0.2) is 30.1 Å². The van der Waals surface area contributed by atoms with Crippen LogP contribution >= 0.6 is 0 Å². The van der Waals surface area contributed by atoms with Crippen molar-refractivity contribution < 1.29 is 29.1 Å². The predicted molar refractivity (Wildman–Crippen MR) is 87.3 cm³/mol. The zero-order chi connectivity index (χ0) is 18.3. The molecule has 0 spiro atoms. The van der Waals surface area contributed by atoms with Gasteiger partial charge in [-0.3, -0.25) is 4.79 Å². The molecule has 138 valence electrons. The van der Waals surface area contributed by atoms with Gasteiger partial charge in [0.15, 0.2) is 0 Å². The predicted octanol–water partition coefficient (Wildman–Crippen LogP) is 4.18. The quantitative estimate of drug-likeness (QED) is 0.207. The van der Waals surface area contributed by atoms with Gasteiger partial charge in [0.25, 0.3) is 0 Å². The summed E-state index contributed by atoms with van der Waals surface area (Å²) in [6.45, 7) is 16.7. The SMILES string of the molecule is CCCCOC(=O)C(C)(C)C(OOC(C)(C)C)OOC(C)(C)C. The molecule has 0 aliphatic heterocycles. The minimum absolute atomic E-state index is 0.367. The van der Waals surface area contributed by atoms with Gasteiger partial charge < -0.3 is 4.74 Å². The van der Waals surface area contributed by atoms with Gasteiger partial charge in [-0.05, 0) is 61.8 Å². The Morgan fingerprint density at radius 2 is 1.30 bits per heavy atom. The van der Waals surface area contributed by atoms with Crippen LogP contribution in [0.25, 0.3) is 0 Å². The van der Waals surface area contributed by atoms with Crippen molar-refractivity contribution >= 4 is 5.97 Å². The molecule has 0 aliphatic rings. The van der Waals surface area contributed by atoms with Gasteiger partial charge >= 0.3 is 5.97 Å². The normalized spacial score (nSPS) is 13.5. The van der Waals surface area contributed by atoms with E-state index in [4.69, 9.17) is 24.3 Å². The van der Waals surface area contributed by atoms with Crippen molar-refractivity contribution in [2.24, 2.45) is 5.41 Å². The molecule has 6 heteroatoms. The maximum Gasteiger partial charge on any atom is 0.316 e. The fraction of sp³-hybridized carbons (Fsp3) is 0.941. The Morgan fingerprint density at radius 3 is 1.65 bits per heavy atom. The second kappa shape index (κ2) is 8.97. The third-order valence-corrected chi connectivity index (χ3v) is 2.62. The van der Waals surface area contributed by atoms with Crippen LogP contribution in [0.1, 0.15) is 75.2 Å². The summed E-state index contributed by atoms with van der Waals surface area (Å²) in [6, 6.07) is 0. The van der Waals surface area contributed by atoms with Crippen molar-refractivity contribution in [3.05, 3.63) is 0 Å². The Bertz CT molecular complexity index is 333. The van der Waals surface area contributed by atoms with Crippen molar-refractivity contribution in [1.29, 1.82) is 0 Å². The van der Waals surface area contributed by atoms with E-state index in [2.05, 4.69) is 0 Å². The molecule has 0 atom stereocenters. The number of unbranched alkanes of at least 4 members (excludes halogenated alkanes) is 1. The molecule has 0 aromatic carbocycles. The maximum absolute atomic E-state index is 12.3. The van der Waals surface area contributed by atoms with Crippen LogP contribution in [0.2, 0.25) is 0 Å². The molecule has 0 amide bonds. The molecule has 0 fully saturated rings. The van der Waals surface area contributed by atoms with Crippen LogP contribution in [0, 0.1) is 5.41 Å². The van der Waals surface area contributed by atoms with Crippen LogP contribution in [0.4, 0.5) is 0 Å². The molecule has 0 unspecified atom stereocenters. The molecule has 0 N–H and O–H groups in total. The van der Waals surface area contributed by atoms with Gasteiger partial charge in [-0.15, -0.1) is 0 Å². The molecule has 0 heterocycles. The number of hydrogen-bond acceptors (Lipinski definition) is 6. The van der Waals surface area contributed by atoms with Crippen molar-refractivity contribution in [1.82, 2.24) is 0 Å². The molecule has 0 aliphatic carbocycles. The Kier molecular flexibility index (Phi) is 8.70. The summed E-state index contributed by atoms with van der Waals surface area (Å²) in [4.78, 5) is 33.6. The van der Waals surface area contributed by atoms with Crippen molar-refractivity contribution in [2.75, 3.05) is 6.61 Å². The van der Waals surface area contributed by atoms with E-state index in [0.717, 1.165) is 12.8 Å². The van der Waals surface area contributed by atoms with E-state index in [0.29, 0.717) is 6.61 Å². The van der Waals surface area contributed by atoms with Gasteiger partial charge in [0.05, 0.1) is 17.8 Å². The molecule has 0 saturated carbocycles. The third kappa shape index (κ3) is 9.91. The van der Waals surface area contributed by atoms with Gasteiger partial charge in [0, 0.05) is 0 Å². The Balaban J connectivity index is 4.93. The fourth-order valence-electron chi connectivity index (χ4n) is 1.22. The van der Waals surface area contributed by atoms with Crippen molar-refractivity contribution in [3.63, 3.8) is 0 Å². The number of rotatable bonds is 9. The first kappa shape index (κ1) is 22.3. The monoisotopic (exact) mass is 334 g/mol. The summed E-state index contributed by atoms with van der Waals surface area (Å²) in [5.41, 5.74) is -2.19. The molecule has 0 aromatic rings. The highest BCUT2D eigenvalue weighted by atomic mass is 17.3. The van der Waals surface area contributed by atoms with Crippen LogP contribution in [0.15, 0.2) is 0 Å². The van der Waals surface area contributed by atoms with Gasteiger partial charge in [-0.2, -0.15) is 9.78 Å². The van der Waals surface area contributed by atoms with Crippen molar-refractivity contribution in [3.8, 4) is 0 Å². The zero-order valence-electron chi connectivity index (χ0n) is 16.1. The summed E-state index contributed by atoms with van der Waals surface area (Å²) >= 11 is 0. The minimum Gasteiger partial charge on any atom is -0.465 e. The molecule has 0 rings (SSSR count). The number of carbonyl (C=O) groups is 1. The van der Waals surface area contributed by atoms with E-state index in [-0.39, 0.29) is 0 Å². The highest BCUT2D eigenvalue weighted by Gasteiger charge is 2.43. The van der Waals surface area contributed by atoms with Crippen LogP contribution in [0.5, 0.6) is 0 Å². The van der Waals surface area contributed by atoms with Gasteiger partial charge in [0.1, 0.15) is 5.41 Å². The molecule has 0 aromatic heterocycles. The molecule has 0 bridgehead atoms.